The molecular weight excluding hydrogens is 341 g/mol. The highest BCUT2D eigenvalue weighted by molar-refractivity contribution is 7.71. The van der Waals surface area contributed by atoms with E-state index in [2.05, 4.69) is 10.1 Å². The second-order valence-corrected chi connectivity index (χ2v) is 5.67. The fraction of sp³-hybridized carbons (Fsp3) is 0. The zero-order valence-corrected chi connectivity index (χ0v) is 13.4. The first kappa shape index (κ1) is 15.0. The molecule has 0 aliphatic rings. The van der Waals surface area contributed by atoms with Gasteiger partial charge in [-0.1, -0.05) is 41.4 Å². The van der Waals surface area contributed by atoms with E-state index in [0.717, 1.165) is 4.68 Å². The molecule has 3 aromatic rings. The number of nitrogens with zero attached hydrogens (tertiary/aromatic N) is 2. The Morgan fingerprint density at radius 1 is 1.09 bits per heavy atom. The summed E-state index contributed by atoms with van der Waals surface area (Å²) >= 11 is 17.3. The molecule has 22 heavy (non-hydrogen) atoms. The third-order valence-electron chi connectivity index (χ3n) is 3.09. The Morgan fingerprint density at radius 3 is 2.50 bits per heavy atom. The summed E-state index contributed by atoms with van der Waals surface area (Å²) in [7, 11) is 0. The van der Waals surface area contributed by atoms with Crippen LogP contribution in [0, 0.1) is 4.77 Å². The van der Waals surface area contributed by atoms with E-state index in [0.29, 0.717) is 26.5 Å². The van der Waals surface area contributed by atoms with Gasteiger partial charge in [-0.15, -0.1) is 0 Å². The lowest BCUT2D eigenvalue weighted by atomic mass is 10.2. The molecule has 0 atom stereocenters. The van der Waals surface area contributed by atoms with Crippen molar-refractivity contribution < 1.29 is 0 Å². The first-order chi connectivity index (χ1) is 10.6. The standard InChI is InChI=1S/C15H9Cl2N3OS/c16-11-5-3-6-12(17)10(11)8-18-20-14(21)9-4-1-2-7-13(9)19-15(20)22/h1-8H,(H,19,22)/b18-8-. The summed E-state index contributed by atoms with van der Waals surface area (Å²) in [4.78, 5) is 15.4. The van der Waals surface area contributed by atoms with Gasteiger partial charge in [0.15, 0.2) is 0 Å². The molecule has 2 aromatic carbocycles. The van der Waals surface area contributed by atoms with Crippen molar-refractivity contribution >= 4 is 52.5 Å². The minimum absolute atomic E-state index is 0.197. The summed E-state index contributed by atoms with van der Waals surface area (Å²) < 4.78 is 1.31. The quantitative estimate of drug-likeness (QED) is 0.555. The van der Waals surface area contributed by atoms with Crippen molar-refractivity contribution in [3.63, 3.8) is 0 Å². The highest BCUT2D eigenvalue weighted by Gasteiger charge is 2.05. The van der Waals surface area contributed by atoms with Crippen LogP contribution in [0.4, 0.5) is 0 Å². The minimum Gasteiger partial charge on any atom is -0.330 e. The number of benzene rings is 2. The SMILES string of the molecule is O=c1c2ccccc2[nH]c(=S)n1/N=C\c1c(Cl)cccc1Cl. The van der Waals surface area contributed by atoms with Gasteiger partial charge in [-0.05, 0) is 36.5 Å². The molecule has 110 valence electrons. The molecule has 0 aliphatic heterocycles. The summed E-state index contributed by atoms with van der Waals surface area (Å²) in [6, 6.07) is 12.2. The Morgan fingerprint density at radius 2 is 1.77 bits per heavy atom. The molecule has 0 radical (unpaired) electrons. The molecule has 0 aliphatic carbocycles. The first-order valence-electron chi connectivity index (χ1n) is 6.30. The van der Waals surface area contributed by atoms with Crippen molar-refractivity contribution in [3.05, 3.63) is 73.2 Å². The van der Waals surface area contributed by atoms with E-state index in [1.54, 1.807) is 36.4 Å². The zero-order chi connectivity index (χ0) is 15.7. The predicted octanol–water partition coefficient (Wildman–Crippen LogP) is 4.25. The number of H-pyrrole nitrogens is 1. The number of hydrogen-bond acceptors (Lipinski definition) is 3. The van der Waals surface area contributed by atoms with Gasteiger partial charge >= 0.3 is 0 Å². The largest absolute Gasteiger partial charge is 0.330 e. The van der Waals surface area contributed by atoms with Crippen molar-refractivity contribution in [2.75, 3.05) is 0 Å². The van der Waals surface area contributed by atoms with Gasteiger partial charge in [0.2, 0.25) is 4.77 Å². The Labute approximate surface area is 140 Å². The second-order valence-electron chi connectivity index (χ2n) is 4.47. The van der Waals surface area contributed by atoms with E-state index in [4.69, 9.17) is 35.4 Å². The van der Waals surface area contributed by atoms with Gasteiger partial charge in [-0.3, -0.25) is 4.79 Å². The molecule has 1 N–H and O–H groups in total. The van der Waals surface area contributed by atoms with Crippen molar-refractivity contribution in [1.29, 1.82) is 0 Å². The molecular formula is C15H9Cl2N3OS. The van der Waals surface area contributed by atoms with Crippen LogP contribution >= 0.6 is 35.4 Å². The monoisotopic (exact) mass is 349 g/mol. The Kier molecular flexibility index (Phi) is 4.11. The van der Waals surface area contributed by atoms with E-state index < -0.39 is 0 Å². The molecule has 4 nitrogen and oxygen atoms in total. The first-order valence-corrected chi connectivity index (χ1v) is 7.47. The van der Waals surface area contributed by atoms with Crippen LogP contribution in [0.25, 0.3) is 10.9 Å². The summed E-state index contributed by atoms with van der Waals surface area (Å²) in [6.45, 7) is 0. The molecule has 0 bridgehead atoms. The third kappa shape index (κ3) is 2.70. The van der Waals surface area contributed by atoms with Gasteiger partial charge in [0, 0.05) is 5.56 Å². The maximum atomic E-state index is 12.4. The smallest absolute Gasteiger partial charge is 0.282 e. The number of fused-ring (bicyclic) bond motifs is 1. The van der Waals surface area contributed by atoms with Gasteiger partial charge in [0.1, 0.15) is 0 Å². The topological polar surface area (TPSA) is 50.1 Å². The number of nitrogens with one attached hydrogen (secondary N) is 1. The molecule has 0 fully saturated rings. The maximum absolute atomic E-state index is 12.4. The number of aromatic amines is 1. The number of aromatic nitrogens is 2. The molecule has 1 heterocycles. The summed E-state index contributed by atoms with van der Waals surface area (Å²) in [5, 5.41) is 5.51. The van der Waals surface area contributed by atoms with Gasteiger partial charge in [-0.25, -0.2) is 0 Å². The molecule has 0 spiro atoms. The molecule has 0 amide bonds. The van der Waals surface area contributed by atoms with Gasteiger partial charge in [0.05, 0.1) is 27.2 Å². The molecule has 1 aromatic heterocycles. The van der Waals surface area contributed by atoms with Crippen LogP contribution in [0.3, 0.4) is 0 Å². The summed E-state index contributed by atoms with van der Waals surface area (Å²) in [5.74, 6) is 0. The Balaban J connectivity index is 2.18. The summed E-state index contributed by atoms with van der Waals surface area (Å²) in [5.41, 5.74) is 0.888. The van der Waals surface area contributed by atoms with Gasteiger partial charge in [-0.2, -0.15) is 9.78 Å². The number of hydrogen-bond donors (Lipinski definition) is 1. The highest BCUT2D eigenvalue weighted by Crippen LogP contribution is 2.22. The molecule has 3 rings (SSSR count). The van der Waals surface area contributed by atoms with Crippen molar-refractivity contribution in [2.45, 2.75) is 0 Å². The van der Waals surface area contributed by atoms with Crippen LogP contribution in [-0.2, 0) is 0 Å². The second kappa shape index (κ2) is 6.04. The van der Waals surface area contributed by atoms with Crippen molar-refractivity contribution in [3.8, 4) is 0 Å². The Bertz CT molecular complexity index is 987. The Hall–Kier alpha value is -1.95. The van der Waals surface area contributed by atoms with Crippen LogP contribution < -0.4 is 5.56 Å². The van der Waals surface area contributed by atoms with Crippen LogP contribution in [0.2, 0.25) is 10.0 Å². The van der Waals surface area contributed by atoms with E-state index in [-0.39, 0.29) is 10.3 Å². The average Bonchev–Trinajstić information content (AvgIpc) is 2.49. The number of para-hydroxylation sites is 1. The van der Waals surface area contributed by atoms with E-state index in [1.165, 1.54) is 6.21 Å². The molecule has 0 saturated heterocycles. The molecule has 0 unspecified atom stereocenters. The number of halogens is 2. The van der Waals surface area contributed by atoms with E-state index in [9.17, 15) is 4.79 Å². The van der Waals surface area contributed by atoms with E-state index >= 15 is 0 Å². The van der Waals surface area contributed by atoms with E-state index in [1.807, 2.05) is 6.07 Å². The summed E-state index contributed by atoms with van der Waals surface area (Å²) in [6.07, 6.45) is 1.42. The lowest BCUT2D eigenvalue weighted by Crippen LogP contribution is -2.18. The van der Waals surface area contributed by atoms with Crippen molar-refractivity contribution in [1.82, 2.24) is 9.66 Å². The fourth-order valence-corrected chi connectivity index (χ4v) is 2.74. The lowest BCUT2D eigenvalue weighted by Gasteiger charge is -2.03. The fourth-order valence-electron chi connectivity index (χ4n) is 2.01. The molecule has 0 saturated carbocycles. The highest BCUT2D eigenvalue weighted by atomic mass is 35.5. The minimum atomic E-state index is -0.307. The van der Waals surface area contributed by atoms with Crippen LogP contribution in [0.15, 0.2) is 52.4 Å². The molecule has 7 heteroatoms. The van der Waals surface area contributed by atoms with Gasteiger partial charge in [0.25, 0.3) is 5.56 Å². The predicted molar refractivity (Wildman–Crippen MR) is 92.8 cm³/mol. The van der Waals surface area contributed by atoms with Crippen LogP contribution in [0.5, 0.6) is 0 Å². The van der Waals surface area contributed by atoms with Crippen LogP contribution in [0.1, 0.15) is 5.56 Å². The third-order valence-corrected chi connectivity index (χ3v) is 4.02. The van der Waals surface area contributed by atoms with Crippen LogP contribution in [-0.4, -0.2) is 15.9 Å². The lowest BCUT2D eigenvalue weighted by molar-refractivity contribution is 0.800. The maximum Gasteiger partial charge on any atom is 0.282 e. The zero-order valence-electron chi connectivity index (χ0n) is 11.1. The van der Waals surface area contributed by atoms with Gasteiger partial charge < -0.3 is 4.98 Å². The average molecular weight is 350 g/mol. The van der Waals surface area contributed by atoms with Crippen molar-refractivity contribution in [2.24, 2.45) is 5.10 Å². The number of rotatable bonds is 2. The normalized spacial score (nSPS) is 11.4.